The highest BCUT2D eigenvalue weighted by Crippen LogP contribution is 2.24. The van der Waals surface area contributed by atoms with Gasteiger partial charge in [0.2, 0.25) is 0 Å². The van der Waals surface area contributed by atoms with E-state index in [4.69, 9.17) is 10.5 Å². The minimum Gasteiger partial charge on any atom is -0.489 e. The van der Waals surface area contributed by atoms with Gasteiger partial charge in [0.1, 0.15) is 12.4 Å². The van der Waals surface area contributed by atoms with Crippen LogP contribution < -0.4 is 15.8 Å². The number of nitrogens with two attached hydrogens (primary N) is 1. The molecule has 1 aromatic heterocycles. The van der Waals surface area contributed by atoms with Crippen LogP contribution in [-0.4, -0.2) is 23.5 Å². The van der Waals surface area contributed by atoms with E-state index in [1.807, 2.05) is 30.3 Å². The molecule has 1 fully saturated rings. The van der Waals surface area contributed by atoms with E-state index in [1.165, 1.54) is 6.42 Å². The Kier molecular flexibility index (Phi) is 10.1. The molecular weight excluding hydrogens is 385 g/mol. The number of rotatable bonds is 6. The largest absolute Gasteiger partial charge is 0.489 e. The summed E-state index contributed by atoms with van der Waals surface area (Å²) in [7, 11) is 0. The van der Waals surface area contributed by atoms with Crippen LogP contribution in [0.3, 0.4) is 0 Å². The van der Waals surface area contributed by atoms with E-state index in [0.29, 0.717) is 30.4 Å². The quantitative estimate of drug-likeness (QED) is 0.758. The smallest absolute Gasteiger partial charge is 0.251 e. The van der Waals surface area contributed by atoms with E-state index in [-0.39, 0.29) is 36.8 Å². The van der Waals surface area contributed by atoms with Gasteiger partial charge in [-0.05, 0) is 49.6 Å². The van der Waals surface area contributed by atoms with E-state index in [0.717, 1.165) is 24.8 Å². The number of nitrogens with zero attached hydrogens (tertiary/aromatic N) is 1. The highest BCUT2D eigenvalue weighted by molar-refractivity contribution is 5.94. The van der Waals surface area contributed by atoms with Gasteiger partial charge in [-0.15, -0.1) is 24.8 Å². The fraction of sp³-hybridized carbons (Fsp3) is 0.400. The summed E-state index contributed by atoms with van der Waals surface area (Å²) in [5.74, 6) is 0.996. The fourth-order valence-corrected chi connectivity index (χ4v) is 3.31. The van der Waals surface area contributed by atoms with E-state index >= 15 is 0 Å². The Hall–Kier alpha value is -1.82. The molecule has 0 bridgehead atoms. The van der Waals surface area contributed by atoms with Crippen LogP contribution in [0.4, 0.5) is 0 Å². The summed E-state index contributed by atoms with van der Waals surface area (Å²) in [6.45, 7) is 1.05. The van der Waals surface area contributed by atoms with Gasteiger partial charge in [-0.25, -0.2) is 0 Å². The number of pyridine rings is 1. The Balaban J connectivity index is 0.00000182. The van der Waals surface area contributed by atoms with Crippen molar-refractivity contribution in [2.45, 2.75) is 38.3 Å². The van der Waals surface area contributed by atoms with Gasteiger partial charge in [0.25, 0.3) is 5.91 Å². The number of aromatic nitrogens is 1. The Morgan fingerprint density at radius 2 is 2.00 bits per heavy atom. The third kappa shape index (κ3) is 6.69. The second kappa shape index (κ2) is 11.8. The van der Waals surface area contributed by atoms with Crippen LogP contribution in [-0.2, 0) is 6.61 Å². The summed E-state index contributed by atoms with van der Waals surface area (Å²) in [5.41, 5.74) is 7.46. The average molecular weight is 412 g/mol. The maximum absolute atomic E-state index is 12.6. The minimum atomic E-state index is -0.0582. The molecule has 3 rings (SSSR count). The van der Waals surface area contributed by atoms with Crippen molar-refractivity contribution in [3.8, 4) is 5.75 Å². The number of benzene rings is 1. The molecule has 2 unspecified atom stereocenters. The minimum absolute atomic E-state index is 0. The Morgan fingerprint density at radius 1 is 1.19 bits per heavy atom. The summed E-state index contributed by atoms with van der Waals surface area (Å²) in [5, 5.41) is 3.15. The van der Waals surface area contributed by atoms with Crippen molar-refractivity contribution in [3.63, 3.8) is 0 Å². The molecule has 148 valence electrons. The molecule has 0 saturated heterocycles. The zero-order valence-electron chi connectivity index (χ0n) is 15.2. The molecule has 2 atom stereocenters. The monoisotopic (exact) mass is 411 g/mol. The number of amides is 1. The maximum Gasteiger partial charge on any atom is 0.251 e. The number of hydrogen-bond donors (Lipinski definition) is 2. The third-order valence-corrected chi connectivity index (χ3v) is 4.75. The molecule has 0 radical (unpaired) electrons. The zero-order valence-corrected chi connectivity index (χ0v) is 16.8. The van der Waals surface area contributed by atoms with Crippen LogP contribution in [0.2, 0.25) is 0 Å². The van der Waals surface area contributed by atoms with Crippen LogP contribution in [0.1, 0.15) is 41.6 Å². The van der Waals surface area contributed by atoms with Crippen molar-refractivity contribution in [1.82, 2.24) is 10.3 Å². The molecule has 1 aliphatic carbocycles. The van der Waals surface area contributed by atoms with Crippen LogP contribution in [0.15, 0.2) is 48.8 Å². The predicted octanol–water partition coefficient (Wildman–Crippen LogP) is 3.75. The summed E-state index contributed by atoms with van der Waals surface area (Å²) < 4.78 is 5.78. The topological polar surface area (TPSA) is 77.2 Å². The Labute approximate surface area is 172 Å². The van der Waals surface area contributed by atoms with Crippen molar-refractivity contribution in [3.05, 3.63) is 59.9 Å². The number of hydrogen-bond acceptors (Lipinski definition) is 4. The number of ether oxygens (including phenoxy) is 1. The van der Waals surface area contributed by atoms with Gasteiger partial charge in [0.15, 0.2) is 0 Å². The van der Waals surface area contributed by atoms with Gasteiger partial charge < -0.3 is 15.8 Å². The SMILES string of the molecule is Cl.Cl.NCC1CCCCC1NC(=O)c1cccc(OCc2cccnc2)c1. The first kappa shape index (κ1) is 23.2. The van der Waals surface area contributed by atoms with Crippen molar-refractivity contribution >= 4 is 30.7 Å². The normalized spacial score (nSPS) is 18.6. The van der Waals surface area contributed by atoms with Crippen molar-refractivity contribution in [1.29, 1.82) is 0 Å². The molecule has 1 amide bonds. The van der Waals surface area contributed by atoms with Crippen molar-refractivity contribution in [2.24, 2.45) is 11.7 Å². The summed E-state index contributed by atoms with van der Waals surface area (Å²) in [4.78, 5) is 16.7. The standard InChI is InChI=1S/C20H25N3O2.2ClH/c21-12-17-6-1-2-9-19(17)23-20(24)16-7-3-8-18(11-16)25-14-15-5-4-10-22-13-15;;/h3-5,7-8,10-11,13,17,19H,1-2,6,9,12,14,21H2,(H,23,24);2*1H. The van der Waals surface area contributed by atoms with Crippen LogP contribution in [0, 0.1) is 5.92 Å². The predicted molar refractivity (Wildman–Crippen MR) is 112 cm³/mol. The average Bonchev–Trinajstić information content (AvgIpc) is 2.68. The molecule has 1 aromatic carbocycles. The molecule has 2 aromatic rings. The molecule has 7 heteroatoms. The first-order valence-corrected chi connectivity index (χ1v) is 8.89. The van der Waals surface area contributed by atoms with E-state index in [2.05, 4.69) is 10.3 Å². The number of halogens is 2. The van der Waals surface area contributed by atoms with E-state index in [9.17, 15) is 4.79 Å². The molecule has 1 heterocycles. The highest BCUT2D eigenvalue weighted by atomic mass is 35.5. The van der Waals surface area contributed by atoms with Gasteiger partial charge in [0, 0.05) is 29.6 Å². The second-order valence-corrected chi connectivity index (χ2v) is 6.54. The summed E-state index contributed by atoms with van der Waals surface area (Å²) in [6.07, 6.45) is 7.95. The maximum atomic E-state index is 12.6. The Morgan fingerprint density at radius 3 is 2.74 bits per heavy atom. The number of nitrogens with one attached hydrogen (secondary N) is 1. The van der Waals surface area contributed by atoms with Gasteiger partial charge in [0.05, 0.1) is 0 Å². The zero-order chi connectivity index (χ0) is 17.5. The lowest BCUT2D eigenvalue weighted by Crippen LogP contribution is -2.44. The molecule has 27 heavy (non-hydrogen) atoms. The molecule has 5 nitrogen and oxygen atoms in total. The molecule has 0 spiro atoms. The highest BCUT2D eigenvalue weighted by Gasteiger charge is 2.25. The van der Waals surface area contributed by atoms with E-state index < -0.39 is 0 Å². The van der Waals surface area contributed by atoms with Crippen molar-refractivity contribution < 1.29 is 9.53 Å². The first-order chi connectivity index (χ1) is 12.3. The fourth-order valence-electron chi connectivity index (χ4n) is 3.31. The van der Waals surface area contributed by atoms with Crippen LogP contribution in [0.25, 0.3) is 0 Å². The van der Waals surface area contributed by atoms with E-state index in [1.54, 1.807) is 18.5 Å². The van der Waals surface area contributed by atoms with Gasteiger partial charge in [-0.3, -0.25) is 9.78 Å². The van der Waals surface area contributed by atoms with Gasteiger partial charge in [-0.2, -0.15) is 0 Å². The lowest BCUT2D eigenvalue weighted by molar-refractivity contribution is 0.0907. The number of carbonyl (C=O) groups excluding carboxylic acids is 1. The number of carbonyl (C=O) groups is 1. The summed E-state index contributed by atoms with van der Waals surface area (Å²) >= 11 is 0. The van der Waals surface area contributed by atoms with Gasteiger partial charge in [-0.1, -0.05) is 25.0 Å². The van der Waals surface area contributed by atoms with Gasteiger partial charge >= 0.3 is 0 Å². The lowest BCUT2D eigenvalue weighted by atomic mass is 9.84. The molecule has 1 aliphatic rings. The third-order valence-electron chi connectivity index (χ3n) is 4.75. The van der Waals surface area contributed by atoms with Crippen LogP contribution >= 0.6 is 24.8 Å². The second-order valence-electron chi connectivity index (χ2n) is 6.54. The molecule has 1 saturated carbocycles. The van der Waals surface area contributed by atoms with Crippen LogP contribution in [0.5, 0.6) is 5.75 Å². The molecule has 3 N–H and O–H groups in total. The molecular formula is C20H27Cl2N3O2. The summed E-state index contributed by atoms with van der Waals surface area (Å²) in [6, 6.07) is 11.3. The van der Waals surface area contributed by atoms with Crippen molar-refractivity contribution in [2.75, 3.05) is 6.54 Å². The first-order valence-electron chi connectivity index (χ1n) is 8.89. The molecule has 0 aliphatic heterocycles. The lowest BCUT2D eigenvalue weighted by Gasteiger charge is -2.31. The Bertz CT molecular complexity index is 701.